The number of pyridine rings is 1. The van der Waals surface area contributed by atoms with Gasteiger partial charge in [-0.25, -0.2) is 4.79 Å². The van der Waals surface area contributed by atoms with Gasteiger partial charge >= 0.3 is 5.97 Å². The average molecular weight is 258 g/mol. The minimum Gasteiger partial charge on any atom is -0.478 e. The highest BCUT2D eigenvalue weighted by molar-refractivity contribution is 5.92. The van der Waals surface area contributed by atoms with Crippen LogP contribution >= 0.6 is 0 Å². The third-order valence-corrected chi connectivity index (χ3v) is 2.74. The molecular formula is C13H14N4O2. The molecule has 2 aromatic heterocycles. The van der Waals surface area contributed by atoms with Crippen molar-refractivity contribution < 1.29 is 9.90 Å². The first kappa shape index (κ1) is 12.9. The number of aryl methyl sites for hydroxylation is 1. The summed E-state index contributed by atoms with van der Waals surface area (Å²) in [5.74, 6) is -0.781. The quantitative estimate of drug-likeness (QED) is 0.849. The van der Waals surface area contributed by atoms with Gasteiger partial charge in [-0.05, 0) is 24.1 Å². The number of aromatic carboxylic acids is 1. The van der Waals surface area contributed by atoms with Crippen LogP contribution in [-0.2, 0) is 13.0 Å². The molecule has 0 aliphatic rings. The molecule has 0 aliphatic heterocycles. The standard InChI is InChI=1S/C13H14N4O2/c1-2-9-4-3-6-14-11(9)8-15-12-10(13(18)19)5-7-16-17-12/h3-7H,2,8H2,1H3,(H,15,17)(H,18,19). The molecule has 0 unspecified atom stereocenters. The van der Waals surface area contributed by atoms with E-state index in [1.165, 1.54) is 12.3 Å². The Hall–Kier alpha value is -2.50. The molecule has 0 aliphatic carbocycles. The van der Waals surface area contributed by atoms with E-state index >= 15 is 0 Å². The van der Waals surface area contributed by atoms with E-state index in [2.05, 4.69) is 20.5 Å². The van der Waals surface area contributed by atoms with E-state index in [1.54, 1.807) is 6.20 Å². The summed E-state index contributed by atoms with van der Waals surface area (Å²) in [6, 6.07) is 5.29. The average Bonchev–Trinajstić information content (AvgIpc) is 2.45. The number of carboxylic acids is 1. The van der Waals surface area contributed by atoms with E-state index in [4.69, 9.17) is 5.11 Å². The highest BCUT2D eigenvalue weighted by Crippen LogP contribution is 2.13. The number of hydrogen-bond donors (Lipinski definition) is 2. The van der Waals surface area contributed by atoms with Crippen molar-refractivity contribution in [1.29, 1.82) is 0 Å². The zero-order chi connectivity index (χ0) is 13.7. The van der Waals surface area contributed by atoms with Crippen LogP contribution in [-0.4, -0.2) is 26.3 Å². The Bertz CT molecular complexity index is 586. The molecule has 2 heterocycles. The van der Waals surface area contributed by atoms with Gasteiger partial charge in [-0.15, -0.1) is 5.10 Å². The van der Waals surface area contributed by atoms with Crippen LogP contribution in [0.25, 0.3) is 0 Å². The molecule has 0 spiro atoms. The number of carbonyl (C=O) groups is 1. The fourth-order valence-electron chi connectivity index (χ4n) is 1.75. The first-order valence-corrected chi connectivity index (χ1v) is 5.94. The summed E-state index contributed by atoms with van der Waals surface area (Å²) in [4.78, 5) is 15.3. The Balaban J connectivity index is 2.17. The third-order valence-electron chi connectivity index (χ3n) is 2.74. The third kappa shape index (κ3) is 3.04. The van der Waals surface area contributed by atoms with Crippen LogP contribution in [0, 0.1) is 0 Å². The van der Waals surface area contributed by atoms with Crippen molar-refractivity contribution in [2.24, 2.45) is 0 Å². The SMILES string of the molecule is CCc1cccnc1CNc1nnccc1C(=O)O. The van der Waals surface area contributed by atoms with Crippen molar-refractivity contribution >= 4 is 11.8 Å². The topological polar surface area (TPSA) is 88.0 Å². The van der Waals surface area contributed by atoms with E-state index in [-0.39, 0.29) is 11.4 Å². The largest absolute Gasteiger partial charge is 0.478 e. The predicted octanol–water partition coefficient (Wildman–Crippen LogP) is 1.74. The van der Waals surface area contributed by atoms with E-state index in [9.17, 15) is 4.79 Å². The van der Waals surface area contributed by atoms with Crippen LogP contribution in [0.15, 0.2) is 30.6 Å². The number of rotatable bonds is 5. The fourth-order valence-corrected chi connectivity index (χ4v) is 1.75. The predicted molar refractivity (Wildman–Crippen MR) is 69.9 cm³/mol. The Labute approximate surface area is 110 Å². The van der Waals surface area contributed by atoms with Crippen molar-refractivity contribution in [3.63, 3.8) is 0 Å². The lowest BCUT2D eigenvalue weighted by molar-refractivity contribution is 0.0697. The summed E-state index contributed by atoms with van der Waals surface area (Å²) in [6.45, 7) is 2.47. The maximum absolute atomic E-state index is 11.0. The van der Waals surface area contributed by atoms with Crippen LogP contribution in [0.5, 0.6) is 0 Å². The summed E-state index contributed by atoms with van der Waals surface area (Å²) in [5, 5.41) is 19.5. The molecule has 0 saturated carbocycles. The van der Waals surface area contributed by atoms with Gasteiger partial charge in [0.1, 0.15) is 5.56 Å². The molecule has 2 aromatic rings. The van der Waals surface area contributed by atoms with Crippen LogP contribution in [0.4, 0.5) is 5.82 Å². The van der Waals surface area contributed by atoms with Crippen LogP contribution < -0.4 is 5.32 Å². The molecular weight excluding hydrogens is 244 g/mol. The maximum Gasteiger partial charge on any atom is 0.339 e. The van der Waals surface area contributed by atoms with Gasteiger partial charge in [-0.3, -0.25) is 4.98 Å². The number of nitrogens with zero attached hydrogens (tertiary/aromatic N) is 3. The fraction of sp³-hybridized carbons (Fsp3) is 0.231. The van der Waals surface area contributed by atoms with Crippen molar-refractivity contribution in [1.82, 2.24) is 15.2 Å². The number of hydrogen-bond acceptors (Lipinski definition) is 5. The second-order valence-electron chi connectivity index (χ2n) is 3.91. The van der Waals surface area contributed by atoms with E-state index in [0.717, 1.165) is 17.7 Å². The number of carboxylic acid groups (broad SMARTS) is 1. The van der Waals surface area contributed by atoms with E-state index in [0.29, 0.717) is 6.54 Å². The Kier molecular flexibility index (Phi) is 4.02. The molecule has 19 heavy (non-hydrogen) atoms. The molecule has 6 nitrogen and oxygen atoms in total. The van der Waals surface area contributed by atoms with Crippen LogP contribution in [0.2, 0.25) is 0 Å². The maximum atomic E-state index is 11.0. The van der Waals surface area contributed by atoms with E-state index < -0.39 is 5.97 Å². The van der Waals surface area contributed by atoms with Gasteiger partial charge in [0.2, 0.25) is 0 Å². The van der Waals surface area contributed by atoms with Crippen molar-refractivity contribution in [2.45, 2.75) is 19.9 Å². The summed E-state index contributed by atoms with van der Waals surface area (Å²) in [5.41, 5.74) is 2.10. The highest BCUT2D eigenvalue weighted by Gasteiger charge is 2.11. The highest BCUT2D eigenvalue weighted by atomic mass is 16.4. The number of anilines is 1. The molecule has 6 heteroatoms. The summed E-state index contributed by atoms with van der Waals surface area (Å²) >= 11 is 0. The van der Waals surface area contributed by atoms with Gasteiger partial charge in [0.05, 0.1) is 18.4 Å². The Morgan fingerprint density at radius 3 is 2.95 bits per heavy atom. The van der Waals surface area contributed by atoms with Gasteiger partial charge in [0.25, 0.3) is 0 Å². The first-order valence-electron chi connectivity index (χ1n) is 5.94. The Morgan fingerprint density at radius 2 is 2.21 bits per heavy atom. The molecule has 2 rings (SSSR count). The zero-order valence-electron chi connectivity index (χ0n) is 10.5. The van der Waals surface area contributed by atoms with Gasteiger partial charge in [-0.1, -0.05) is 13.0 Å². The van der Waals surface area contributed by atoms with Gasteiger partial charge in [-0.2, -0.15) is 5.10 Å². The lowest BCUT2D eigenvalue weighted by Gasteiger charge is -2.09. The molecule has 2 N–H and O–H groups in total. The second-order valence-corrected chi connectivity index (χ2v) is 3.91. The smallest absolute Gasteiger partial charge is 0.339 e. The van der Waals surface area contributed by atoms with Gasteiger partial charge < -0.3 is 10.4 Å². The second kappa shape index (κ2) is 5.90. The van der Waals surface area contributed by atoms with Crippen molar-refractivity contribution in [3.8, 4) is 0 Å². The van der Waals surface area contributed by atoms with Crippen molar-refractivity contribution in [3.05, 3.63) is 47.4 Å². The summed E-state index contributed by atoms with van der Waals surface area (Å²) in [6.07, 6.45) is 3.94. The molecule has 98 valence electrons. The van der Waals surface area contributed by atoms with Crippen molar-refractivity contribution in [2.75, 3.05) is 5.32 Å². The Morgan fingerprint density at radius 1 is 1.37 bits per heavy atom. The number of aromatic nitrogens is 3. The zero-order valence-corrected chi connectivity index (χ0v) is 10.5. The molecule has 0 bridgehead atoms. The monoisotopic (exact) mass is 258 g/mol. The molecule has 0 fully saturated rings. The molecule has 0 atom stereocenters. The minimum atomic E-state index is -1.03. The molecule has 0 amide bonds. The lowest BCUT2D eigenvalue weighted by atomic mass is 10.1. The minimum absolute atomic E-state index is 0.101. The normalized spacial score (nSPS) is 10.2. The van der Waals surface area contributed by atoms with Crippen LogP contribution in [0.3, 0.4) is 0 Å². The number of nitrogens with one attached hydrogen (secondary N) is 1. The molecule has 0 radical (unpaired) electrons. The van der Waals surface area contributed by atoms with E-state index in [1.807, 2.05) is 19.1 Å². The summed E-state index contributed by atoms with van der Waals surface area (Å²) < 4.78 is 0. The van der Waals surface area contributed by atoms with Crippen LogP contribution in [0.1, 0.15) is 28.5 Å². The van der Waals surface area contributed by atoms with Gasteiger partial charge in [0.15, 0.2) is 5.82 Å². The summed E-state index contributed by atoms with van der Waals surface area (Å²) in [7, 11) is 0. The van der Waals surface area contributed by atoms with Gasteiger partial charge in [0, 0.05) is 6.20 Å². The molecule has 0 aromatic carbocycles. The first-order chi connectivity index (χ1) is 9.22. The lowest BCUT2D eigenvalue weighted by Crippen LogP contribution is -2.11. The molecule has 0 saturated heterocycles.